The van der Waals surface area contributed by atoms with Crippen LogP contribution in [0.1, 0.15) is 38.8 Å². The van der Waals surface area contributed by atoms with Crippen LogP contribution in [0.15, 0.2) is 24.3 Å². The fourth-order valence-electron chi connectivity index (χ4n) is 1.68. The Morgan fingerprint density at radius 3 is 2.53 bits per heavy atom. The van der Waals surface area contributed by atoms with Gasteiger partial charge in [-0.15, -0.1) is 0 Å². The molecule has 1 rings (SSSR count). The maximum absolute atomic E-state index is 9.76. The van der Waals surface area contributed by atoms with Crippen molar-refractivity contribution in [3.05, 3.63) is 29.8 Å². The molecule has 2 atom stereocenters. The molecule has 3 N–H and O–H groups in total. The van der Waals surface area contributed by atoms with E-state index in [0.717, 1.165) is 17.7 Å². The Labute approximate surface area is 115 Å². The van der Waals surface area contributed by atoms with Crippen LogP contribution >= 0.6 is 0 Å². The van der Waals surface area contributed by atoms with Crippen molar-refractivity contribution in [1.82, 2.24) is 0 Å². The molecule has 0 amide bonds. The van der Waals surface area contributed by atoms with Crippen molar-refractivity contribution < 1.29 is 14.6 Å². The van der Waals surface area contributed by atoms with Crippen LogP contribution in [-0.2, 0) is 4.74 Å². The molecule has 0 aliphatic rings. The van der Waals surface area contributed by atoms with Crippen molar-refractivity contribution in [2.24, 2.45) is 5.73 Å². The zero-order chi connectivity index (χ0) is 14.3. The molecule has 0 heterocycles. The molecule has 0 saturated carbocycles. The topological polar surface area (TPSA) is 64.7 Å². The predicted molar refractivity (Wildman–Crippen MR) is 76.3 cm³/mol. The van der Waals surface area contributed by atoms with Crippen LogP contribution in [0.5, 0.6) is 5.75 Å². The SMILES string of the molecule is CC[C@@H](N)c1ccccc1OCC(O)COC(C)C. The number of hydrogen-bond acceptors (Lipinski definition) is 4. The monoisotopic (exact) mass is 267 g/mol. The van der Waals surface area contributed by atoms with Gasteiger partial charge in [-0.05, 0) is 26.3 Å². The van der Waals surface area contributed by atoms with Crippen molar-refractivity contribution in [2.75, 3.05) is 13.2 Å². The highest BCUT2D eigenvalue weighted by Crippen LogP contribution is 2.25. The van der Waals surface area contributed by atoms with Gasteiger partial charge < -0.3 is 20.3 Å². The Balaban J connectivity index is 2.53. The van der Waals surface area contributed by atoms with Crippen LogP contribution in [0.2, 0.25) is 0 Å². The second-order valence-electron chi connectivity index (χ2n) is 4.90. The molecule has 0 bridgehead atoms. The number of aliphatic hydroxyl groups excluding tert-OH is 1. The number of hydrogen-bond donors (Lipinski definition) is 2. The summed E-state index contributed by atoms with van der Waals surface area (Å²) in [5.74, 6) is 0.737. The van der Waals surface area contributed by atoms with E-state index in [1.165, 1.54) is 0 Å². The Morgan fingerprint density at radius 1 is 1.21 bits per heavy atom. The summed E-state index contributed by atoms with van der Waals surface area (Å²) >= 11 is 0. The highest BCUT2D eigenvalue weighted by Gasteiger charge is 2.12. The van der Waals surface area contributed by atoms with Crippen LogP contribution < -0.4 is 10.5 Å². The summed E-state index contributed by atoms with van der Waals surface area (Å²) in [5.41, 5.74) is 7.01. The second-order valence-corrected chi connectivity index (χ2v) is 4.90. The minimum Gasteiger partial charge on any atom is -0.490 e. The first-order chi connectivity index (χ1) is 9.04. The van der Waals surface area contributed by atoms with E-state index in [0.29, 0.717) is 0 Å². The largest absolute Gasteiger partial charge is 0.490 e. The van der Waals surface area contributed by atoms with Gasteiger partial charge in [-0.2, -0.15) is 0 Å². The van der Waals surface area contributed by atoms with Gasteiger partial charge in [-0.25, -0.2) is 0 Å². The molecule has 0 aliphatic carbocycles. The van der Waals surface area contributed by atoms with Crippen molar-refractivity contribution in [3.63, 3.8) is 0 Å². The van der Waals surface area contributed by atoms with E-state index in [9.17, 15) is 5.11 Å². The Hall–Kier alpha value is -1.10. The fourth-order valence-corrected chi connectivity index (χ4v) is 1.68. The number of para-hydroxylation sites is 1. The number of nitrogens with two attached hydrogens (primary N) is 1. The molecule has 0 aromatic heterocycles. The van der Waals surface area contributed by atoms with E-state index in [1.807, 2.05) is 45.0 Å². The first-order valence-corrected chi connectivity index (χ1v) is 6.81. The molecule has 0 aliphatic heterocycles. The van der Waals surface area contributed by atoms with Crippen LogP contribution in [0, 0.1) is 0 Å². The third-order valence-corrected chi connectivity index (χ3v) is 2.81. The standard InChI is InChI=1S/C15H25NO3/c1-4-14(16)13-7-5-6-8-15(13)19-10-12(17)9-18-11(2)3/h5-8,11-12,14,17H,4,9-10,16H2,1-3H3/t12?,14-/m1/s1. The van der Waals surface area contributed by atoms with Gasteiger partial charge in [0.1, 0.15) is 18.5 Å². The zero-order valence-corrected chi connectivity index (χ0v) is 12.0. The van der Waals surface area contributed by atoms with Gasteiger partial charge in [0.25, 0.3) is 0 Å². The van der Waals surface area contributed by atoms with E-state index in [1.54, 1.807) is 0 Å². The first-order valence-electron chi connectivity index (χ1n) is 6.81. The normalized spacial score (nSPS) is 14.4. The summed E-state index contributed by atoms with van der Waals surface area (Å²) in [5, 5.41) is 9.76. The van der Waals surface area contributed by atoms with Crippen LogP contribution in [0.3, 0.4) is 0 Å². The molecule has 0 fully saturated rings. The average Bonchev–Trinajstić information content (AvgIpc) is 2.42. The number of rotatable bonds is 8. The van der Waals surface area contributed by atoms with E-state index >= 15 is 0 Å². The molecule has 1 aromatic rings. The summed E-state index contributed by atoms with van der Waals surface area (Å²) in [6.45, 7) is 6.39. The minimum atomic E-state index is -0.631. The molecule has 108 valence electrons. The second kappa shape index (κ2) is 8.15. The molecule has 4 nitrogen and oxygen atoms in total. The highest BCUT2D eigenvalue weighted by atomic mass is 16.5. The van der Waals surface area contributed by atoms with Crippen molar-refractivity contribution in [2.45, 2.75) is 45.4 Å². The van der Waals surface area contributed by atoms with E-state index in [4.69, 9.17) is 15.2 Å². The fraction of sp³-hybridized carbons (Fsp3) is 0.600. The Morgan fingerprint density at radius 2 is 1.89 bits per heavy atom. The lowest BCUT2D eigenvalue weighted by Gasteiger charge is -2.18. The number of aliphatic hydroxyl groups is 1. The van der Waals surface area contributed by atoms with Gasteiger partial charge in [-0.3, -0.25) is 0 Å². The zero-order valence-electron chi connectivity index (χ0n) is 12.0. The number of benzene rings is 1. The molecule has 0 radical (unpaired) electrons. The molecule has 4 heteroatoms. The van der Waals surface area contributed by atoms with Crippen LogP contribution in [0.4, 0.5) is 0 Å². The lowest BCUT2D eigenvalue weighted by molar-refractivity contribution is -0.0124. The van der Waals surface area contributed by atoms with Crippen LogP contribution in [-0.4, -0.2) is 30.5 Å². The molecular formula is C15H25NO3. The highest BCUT2D eigenvalue weighted by molar-refractivity contribution is 5.35. The minimum absolute atomic E-state index is 0.0414. The van der Waals surface area contributed by atoms with Gasteiger partial charge in [0.15, 0.2) is 0 Å². The predicted octanol–water partition coefficient (Wildman–Crippen LogP) is 2.26. The molecule has 1 unspecified atom stereocenters. The molecule has 1 aromatic carbocycles. The summed E-state index contributed by atoms with van der Waals surface area (Å²) < 4.78 is 11.0. The molecule has 0 spiro atoms. The maximum Gasteiger partial charge on any atom is 0.124 e. The van der Waals surface area contributed by atoms with E-state index in [2.05, 4.69) is 0 Å². The summed E-state index contributed by atoms with van der Waals surface area (Å²) in [4.78, 5) is 0. The molecular weight excluding hydrogens is 242 g/mol. The van der Waals surface area contributed by atoms with E-state index in [-0.39, 0.29) is 25.4 Å². The maximum atomic E-state index is 9.76. The summed E-state index contributed by atoms with van der Waals surface area (Å²) in [7, 11) is 0. The van der Waals surface area contributed by atoms with Gasteiger partial charge >= 0.3 is 0 Å². The van der Waals surface area contributed by atoms with Gasteiger partial charge in [0.2, 0.25) is 0 Å². The first kappa shape index (κ1) is 16.0. The van der Waals surface area contributed by atoms with Crippen LogP contribution in [0.25, 0.3) is 0 Å². The van der Waals surface area contributed by atoms with Crippen molar-refractivity contribution >= 4 is 0 Å². The smallest absolute Gasteiger partial charge is 0.124 e. The van der Waals surface area contributed by atoms with Gasteiger partial charge in [-0.1, -0.05) is 25.1 Å². The van der Waals surface area contributed by atoms with Crippen molar-refractivity contribution in [1.29, 1.82) is 0 Å². The third-order valence-electron chi connectivity index (χ3n) is 2.81. The molecule has 0 saturated heterocycles. The quantitative estimate of drug-likeness (QED) is 0.758. The summed E-state index contributed by atoms with van der Waals surface area (Å²) in [6, 6.07) is 7.63. The van der Waals surface area contributed by atoms with E-state index < -0.39 is 6.10 Å². The lowest BCUT2D eigenvalue weighted by atomic mass is 10.0. The third kappa shape index (κ3) is 5.59. The Bertz CT molecular complexity index is 368. The number of ether oxygens (including phenoxy) is 2. The van der Waals surface area contributed by atoms with Gasteiger partial charge in [0.05, 0.1) is 12.7 Å². The summed E-state index contributed by atoms with van der Waals surface area (Å²) in [6.07, 6.45) is 0.322. The van der Waals surface area contributed by atoms with Gasteiger partial charge in [0, 0.05) is 11.6 Å². The molecule has 19 heavy (non-hydrogen) atoms. The Kier molecular flexibility index (Phi) is 6.84. The van der Waals surface area contributed by atoms with Crippen molar-refractivity contribution in [3.8, 4) is 5.75 Å². The average molecular weight is 267 g/mol. The lowest BCUT2D eigenvalue weighted by Crippen LogP contribution is -2.25.